The van der Waals surface area contributed by atoms with Gasteiger partial charge in [0, 0.05) is 13.0 Å². The summed E-state index contributed by atoms with van der Waals surface area (Å²) in [5, 5.41) is 5.20. The molecule has 1 aliphatic heterocycles. The van der Waals surface area contributed by atoms with Crippen molar-refractivity contribution in [3.8, 4) is 0 Å². The largest absolute Gasteiger partial charge is 0.354 e. The van der Waals surface area contributed by atoms with E-state index in [2.05, 4.69) is 10.6 Å². The normalized spacial score (nSPS) is 19.3. The highest BCUT2D eigenvalue weighted by atomic mass is 19.1. The molecule has 0 radical (unpaired) electrons. The van der Waals surface area contributed by atoms with Crippen molar-refractivity contribution in [2.24, 2.45) is 0 Å². The molecule has 84 valence electrons. The van der Waals surface area contributed by atoms with Crippen LogP contribution in [0.2, 0.25) is 0 Å². The van der Waals surface area contributed by atoms with Crippen molar-refractivity contribution in [1.29, 1.82) is 0 Å². The summed E-state index contributed by atoms with van der Waals surface area (Å²) in [5.41, 5.74) is 0.00171. The molecule has 4 nitrogen and oxygen atoms in total. The number of amides is 2. The minimum absolute atomic E-state index is 0.00171. The van der Waals surface area contributed by atoms with Crippen molar-refractivity contribution in [3.63, 3.8) is 0 Å². The lowest BCUT2D eigenvalue weighted by Gasteiger charge is -2.10. The monoisotopic (exact) mass is 222 g/mol. The minimum atomic E-state index is -0.558. The Bertz CT molecular complexity index is 434. The molecule has 0 spiro atoms. The summed E-state index contributed by atoms with van der Waals surface area (Å²) < 4.78 is 13.2. The molecule has 0 aromatic heterocycles. The smallest absolute Gasteiger partial charge is 0.254 e. The van der Waals surface area contributed by atoms with Crippen molar-refractivity contribution in [2.75, 3.05) is 6.54 Å². The summed E-state index contributed by atoms with van der Waals surface area (Å²) in [6, 6.07) is 5.50. The fourth-order valence-corrected chi connectivity index (χ4v) is 1.62. The quantitative estimate of drug-likeness (QED) is 0.763. The number of carbonyl (C=O) groups is 2. The lowest BCUT2D eigenvalue weighted by atomic mass is 10.1. The van der Waals surface area contributed by atoms with E-state index in [1.54, 1.807) is 6.07 Å². The molecule has 0 saturated carbocycles. The molecular weight excluding hydrogens is 211 g/mol. The molecule has 1 aromatic rings. The number of hydrogen-bond acceptors (Lipinski definition) is 2. The predicted octanol–water partition coefficient (Wildman–Crippen LogP) is 0.444. The van der Waals surface area contributed by atoms with Crippen LogP contribution >= 0.6 is 0 Å². The second kappa shape index (κ2) is 4.30. The van der Waals surface area contributed by atoms with Gasteiger partial charge in [0.15, 0.2) is 0 Å². The van der Waals surface area contributed by atoms with Gasteiger partial charge in [0.1, 0.15) is 5.82 Å². The van der Waals surface area contributed by atoms with E-state index < -0.39 is 11.7 Å². The second-order valence-corrected chi connectivity index (χ2v) is 3.66. The molecule has 0 unspecified atom stereocenters. The molecule has 2 amide bonds. The SMILES string of the molecule is O=C1C[C@H](NC(=O)c2ccccc2F)CN1. The van der Waals surface area contributed by atoms with Crippen LogP contribution in [0.3, 0.4) is 0 Å². The molecule has 1 fully saturated rings. The molecule has 1 saturated heterocycles. The molecule has 2 N–H and O–H groups in total. The first-order chi connectivity index (χ1) is 7.66. The molecule has 0 bridgehead atoms. The number of hydrogen-bond donors (Lipinski definition) is 2. The minimum Gasteiger partial charge on any atom is -0.354 e. The van der Waals surface area contributed by atoms with Crippen molar-refractivity contribution in [1.82, 2.24) is 10.6 Å². The first kappa shape index (κ1) is 10.6. The fraction of sp³-hybridized carbons (Fsp3) is 0.273. The third-order valence-corrected chi connectivity index (χ3v) is 2.43. The van der Waals surface area contributed by atoms with Gasteiger partial charge in [-0.3, -0.25) is 9.59 Å². The standard InChI is InChI=1S/C11H11FN2O2/c12-9-4-2-1-3-8(9)11(16)14-7-5-10(15)13-6-7/h1-4,7H,5-6H2,(H,13,15)(H,14,16)/t7-/m0/s1. The van der Waals surface area contributed by atoms with E-state index in [0.717, 1.165) is 0 Å². The predicted molar refractivity (Wildman–Crippen MR) is 55.3 cm³/mol. The Kier molecular flexibility index (Phi) is 2.85. The van der Waals surface area contributed by atoms with E-state index in [0.29, 0.717) is 6.54 Å². The number of carbonyl (C=O) groups excluding carboxylic acids is 2. The summed E-state index contributed by atoms with van der Waals surface area (Å²) in [6.07, 6.45) is 0.250. The Morgan fingerprint density at radius 1 is 1.44 bits per heavy atom. The zero-order chi connectivity index (χ0) is 11.5. The summed E-state index contributed by atoms with van der Waals surface area (Å²) in [4.78, 5) is 22.5. The van der Waals surface area contributed by atoms with E-state index in [-0.39, 0.29) is 23.9 Å². The van der Waals surface area contributed by atoms with Crippen LogP contribution < -0.4 is 10.6 Å². The van der Waals surface area contributed by atoms with Gasteiger partial charge >= 0.3 is 0 Å². The van der Waals surface area contributed by atoms with Crippen molar-refractivity contribution < 1.29 is 14.0 Å². The summed E-state index contributed by atoms with van der Waals surface area (Å²) >= 11 is 0. The Morgan fingerprint density at radius 3 is 2.81 bits per heavy atom. The highest BCUT2D eigenvalue weighted by Crippen LogP contribution is 2.07. The van der Waals surface area contributed by atoms with Crippen LogP contribution in [0.1, 0.15) is 16.8 Å². The fourth-order valence-electron chi connectivity index (χ4n) is 1.62. The van der Waals surface area contributed by atoms with Gasteiger partial charge in [-0.1, -0.05) is 12.1 Å². The number of nitrogens with one attached hydrogen (secondary N) is 2. The topological polar surface area (TPSA) is 58.2 Å². The molecule has 0 aliphatic carbocycles. The lowest BCUT2D eigenvalue weighted by Crippen LogP contribution is -2.36. The van der Waals surface area contributed by atoms with Gasteiger partial charge < -0.3 is 10.6 Å². The maximum absolute atomic E-state index is 13.2. The van der Waals surface area contributed by atoms with Crippen LogP contribution in [0, 0.1) is 5.82 Å². The van der Waals surface area contributed by atoms with Crippen LogP contribution in [0.25, 0.3) is 0 Å². The summed E-state index contributed by atoms with van der Waals surface area (Å²) in [5.74, 6) is -1.14. The van der Waals surface area contributed by atoms with Gasteiger partial charge in [0.05, 0.1) is 11.6 Å². The Labute approximate surface area is 91.8 Å². The number of benzene rings is 1. The highest BCUT2D eigenvalue weighted by Gasteiger charge is 2.24. The van der Waals surface area contributed by atoms with Crippen LogP contribution in [0.15, 0.2) is 24.3 Å². The zero-order valence-corrected chi connectivity index (χ0v) is 8.50. The first-order valence-corrected chi connectivity index (χ1v) is 4.99. The van der Waals surface area contributed by atoms with Crippen molar-refractivity contribution >= 4 is 11.8 Å². The Morgan fingerprint density at radius 2 is 2.19 bits per heavy atom. The average Bonchev–Trinajstić information content (AvgIpc) is 2.64. The lowest BCUT2D eigenvalue weighted by molar-refractivity contribution is -0.119. The van der Waals surface area contributed by atoms with Crippen LogP contribution in [0.5, 0.6) is 0 Å². The molecule has 1 aromatic carbocycles. The summed E-state index contributed by atoms with van der Waals surface area (Å²) in [6.45, 7) is 0.402. The third kappa shape index (κ3) is 2.18. The van der Waals surface area contributed by atoms with Gasteiger partial charge in [-0.2, -0.15) is 0 Å². The number of rotatable bonds is 2. The summed E-state index contributed by atoms with van der Waals surface area (Å²) in [7, 11) is 0. The molecule has 1 aliphatic rings. The van der Waals surface area contributed by atoms with E-state index in [4.69, 9.17) is 0 Å². The van der Waals surface area contributed by atoms with Gasteiger partial charge in [-0.25, -0.2) is 4.39 Å². The van der Waals surface area contributed by atoms with Gasteiger partial charge in [-0.05, 0) is 12.1 Å². The highest BCUT2D eigenvalue weighted by molar-refractivity contribution is 5.95. The molecule has 2 rings (SSSR count). The van der Waals surface area contributed by atoms with Gasteiger partial charge in [0.2, 0.25) is 5.91 Å². The molecule has 16 heavy (non-hydrogen) atoms. The van der Waals surface area contributed by atoms with Crippen LogP contribution in [-0.2, 0) is 4.79 Å². The molecule has 1 heterocycles. The van der Waals surface area contributed by atoms with E-state index in [9.17, 15) is 14.0 Å². The molecule has 1 atom stereocenters. The third-order valence-electron chi connectivity index (χ3n) is 2.43. The number of halogens is 1. The van der Waals surface area contributed by atoms with Crippen LogP contribution in [0.4, 0.5) is 4.39 Å². The maximum Gasteiger partial charge on any atom is 0.254 e. The Hall–Kier alpha value is -1.91. The van der Waals surface area contributed by atoms with Gasteiger partial charge in [-0.15, -0.1) is 0 Å². The first-order valence-electron chi connectivity index (χ1n) is 4.99. The average molecular weight is 222 g/mol. The van der Waals surface area contributed by atoms with E-state index in [1.807, 2.05) is 0 Å². The zero-order valence-electron chi connectivity index (χ0n) is 8.50. The van der Waals surface area contributed by atoms with Crippen molar-refractivity contribution in [2.45, 2.75) is 12.5 Å². The Balaban J connectivity index is 2.03. The van der Waals surface area contributed by atoms with Crippen LogP contribution in [-0.4, -0.2) is 24.4 Å². The maximum atomic E-state index is 13.2. The van der Waals surface area contributed by atoms with E-state index in [1.165, 1.54) is 18.2 Å². The molecular formula is C11H11FN2O2. The molecule has 5 heteroatoms. The van der Waals surface area contributed by atoms with Crippen molar-refractivity contribution in [3.05, 3.63) is 35.6 Å². The van der Waals surface area contributed by atoms with E-state index >= 15 is 0 Å². The van der Waals surface area contributed by atoms with Gasteiger partial charge in [0.25, 0.3) is 5.91 Å². The second-order valence-electron chi connectivity index (χ2n) is 3.66.